The van der Waals surface area contributed by atoms with Crippen LogP contribution in [0.3, 0.4) is 0 Å². The number of rotatable bonds is 6. The van der Waals surface area contributed by atoms with Crippen molar-refractivity contribution in [2.75, 3.05) is 69.5 Å². The lowest BCUT2D eigenvalue weighted by Crippen LogP contribution is -2.40. The van der Waals surface area contributed by atoms with E-state index in [9.17, 15) is 9.59 Å². The second kappa shape index (κ2) is 10.5. The van der Waals surface area contributed by atoms with Crippen molar-refractivity contribution in [1.82, 2.24) is 20.3 Å². The highest BCUT2D eigenvalue weighted by Crippen LogP contribution is 2.34. The molecule has 1 N–H and O–H groups in total. The number of imide groups is 1. The number of carbonyl (C=O) groups excluding carboxylic acids is 2. The summed E-state index contributed by atoms with van der Waals surface area (Å²) in [7, 11) is 1.52. The Morgan fingerprint density at radius 2 is 1.57 bits per heavy atom. The minimum Gasteiger partial charge on any atom is -0.493 e. The first-order valence-electron chi connectivity index (χ1n) is 11.1. The van der Waals surface area contributed by atoms with Gasteiger partial charge in [-0.2, -0.15) is 15.0 Å². The lowest BCUT2D eigenvalue weighted by molar-refractivity contribution is -0.115. The molecule has 35 heavy (non-hydrogen) atoms. The van der Waals surface area contributed by atoms with Gasteiger partial charge in [0.05, 0.1) is 38.4 Å². The van der Waals surface area contributed by atoms with Crippen LogP contribution in [0.2, 0.25) is 0 Å². The van der Waals surface area contributed by atoms with Crippen LogP contribution >= 0.6 is 11.8 Å². The van der Waals surface area contributed by atoms with Gasteiger partial charge in [0.1, 0.15) is 0 Å². The van der Waals surface area contributed by atoms with E-state index in [2.05, 4.69) is 20.3 Å². The number of carbonyl (C=O) groups is 2. The Hall–Kier alpha value is -3.42. The molecule has 0 saturated carbocycles. The third kappa shape index (κ3) is 5.47. The summed E-state index contributed by atoms with van der Waals surface area (Å²) in [5, 5.41) is 1.85. The molecule has 3 aliphatic rings. The molecule has 3 aliphatic heterocycles. The Morgan fingerprint density at radius 3 is 2.11 bits per heavy atom. The van der Waals surface area contributed by atoms with Gasteiger partial charge in [0.2, 0.25) is 11.9 Å². The van der Waals surface area contributed by atoms with Gasteiger partial charge >= 0.3 is 6.01 Å². The van der Waals surface area contributed by atoms with Crippen LogP contribution in [-0.2, 0) is 14.3 Å². The van der Waals surface area contributed by atoms with Gasteiger partial charge in [0.15, 0.2) is 11.5 Å². The number of hydrogen-bond donors (Lipinski definition) is 1. The van der Waals surface area contributed by atoms with Crippen LogP contribution in [0.25, 0.3) is 6.08 Å². The van der Waals surface area contributed by atoms with Gasteiger partial charge in [-0.05, 0) is 35.5 Å². The number of ether oxygens (including phenoxy) is 4. The monoisotopic (exact) mass is 500 g/mol. The fraction of sp³-hybridized carbons (Fsp3) is 0.409. The van der Waals surface area contributed by atoms with Crippen LogP contribution in [0, 0.1) is 0 Å². The fourth-order valence-electron chi connectivity index (χ4n) is 3.72. The van der Waals surface area contributed by atoms with Crippen molar-refractivity contribution >= 4 is 40.9 Å². The normalized spacial score (nSPS) is 19.7. The second-order valence-corrected chi connectivity index (χ2v) is 8.80. The summed E-state index contributed by atoms with van der Waals surface area (Å²) in [6, 6.07) is 5.32. The van der Waals surface area contributed by atoms with E-state index in [1.807, 2.05) is 9.80 Å². The fourth-order valence-corrected chi connectivity index (χ4v) is 4.40. The number of thioether (sulfide) groups is 1. The summed E-state index contributed by atoms with van der Waals surface area (Å²) in [5.41, 5.74) is 0.681. The molecule has 184 valence electrons. The molecule has 0 bridgehead atoms. The molecular weight excluding hydrogens is 476 g/mol. The zero-order valence-corrected chi connectivity index (χ0v) is 19.9. The topological polar surface area (TPSA) is 128 Å². The third-order valence-electron chi connectivity index (χ3n) is 5.51. The van der Waals surface area contributed by atoms with E-state index in [0.29, 0.717) is 86.5 Å². The van der Waals surface area contributed by atoms with Crippen molar-refractivity contribution in [3.8, 4) is 17.5 Å². The molecule has 13 heteroatoms. The maximum absolute atomic E-state index is 11.9. The van der Waals surface area contributed by atoms with E-state index < -0.39 is 11.1 Å². The molecular formula is C22H24N6O6S. The maximum Gasteiger partial charge on any atom is 0.328 e. The van der Waals surface area contributed by atoms with Gasteiger partial charge in [0.25, 0.3) is 11.1 Å². The van der Waals surface area contributed by atoms with Crippen LogP contribution in [0.5, 0.6) is 17.5 Å². The van der Waals surface area contributed by atoms with Crippen molar-refractivity contribution in [1.29, 1.82) is 0 Å². The summed E-state index contributed by atoms with van der Waals surface area (Å²) in [5.74, 6) is 1.45. The van der Waals surface area contributed by atoms with Crippen LogP contribution in [-0.4, -0.2) is 85.8 Å². The molecule has 0 spiro atoms. The van der Waals surface area contributed by atoms with Gasteiger partial charge in [-0.3, -0.25) is 14.9 Å². The molecule has 0 radical (unpaired) electrons. The summed E-state index contributed by atoms with van der Waals surface area (Å²) >= 11 is 0.854. The number of anilines is 2. The number of aromatic nitrogens is 3. The van der Waals surface area contributed by atoms with Gasteiger partial charge in [-0.25, -0.2) is 0 Å². The standard InChI is InChI=1S/C22H24N6O6S/c1-31-16-12-14(13-17-18(29)23-22(30)35-17)2-3-15(16)34-21-25-19(27-4-8-32-9-5-27)24-20(26-21)28-6-10-33-11-7-28/h2-3,12-13H,4-11H2,1H3,(H,23,29,30)/b17-13+. The third-order valence-corrected chi connectivity index (χ3v) is 6.32. The average Bonchev–Trinajstić information content (AvgIpc) is 3.21. The van der Waals surface area contributed by atoms with E-state index in [1.54, 1.807) is 24.3 Å². The Kier molecular flexibility index (Phi) is 6.97. The largest absolute Gasteiger partial charge is 0.493 e. The Labute approximate surface area is 205 Å². The SMILES string of the molecule is COc1cc(/C=C2/SC(=O)NC2=O)ccc1Oc1nc(N2CCOCC2)nc(N2CCOCC2)n1. The maximum atomic E-state index is 11.9. The highest BCUT2D eigenvalue weighted by atomic mass is 32.2. The molecule has 12 nitrogen and oxygen atoms in total. The Balaban J connectivity index is 1.43. The lowest BCUT2D eigenvalue weighted by atomic mass is 10.2. The van der Waals surface area contributed by atoms with Crippen LogP contribution in [0.1, 0.15) is 5.56 Å². The van der Waals surface area contributed by atoms with E-state index in [4.69, 9.17) is 18.9 Å². The highest BCUT2D eigenvalue weighted by molar-refractivity contribution is 8.18. The van der Waals surface area contributed by atoms with Gasteiger partial charge < -0.3 is 28.7 Å². The smallest absolute Gasteiger partial charge is 0.328 e. The Bertz CT molecular complexity index is 1110. The molecule has 3 saturated heterocycles. The summed E-state index contributed by atoms with van der Waals surface area (Å²) < 4.78 is 22.5. The van der Waals surface area contributed by atoms with Crippen LogP contribution in [0.4, 0.5) is 16.7 Å². The van der Waals surface area contributed by atoms with Crippen LogP contribution < -0.4 is 24.6 Å². The lowest BCUT2D eigenvalue weighted by Gasteiger charge is -2.30. The Morgan fingerprint density at radius 1 is 0.943 bits per heavy atom. The van der Waals surface area contributed by atoms with Crippen LogP contribution in [0.15, 0.2) is 23.1 Å². The zero-order valence-electron chi connectivity index (χ0n) is 19.1. The number of benzene rings is 1. The average molecular weight is 501 g/mol. The molecule has 1 aromatic carbocycles. The van der Waals surface area contributed by atoms with Crippen molar-refractivity contribution in [2.24, 2.45) is 0 Å². The number of nitrogens with zero attached hydrogens (tertiary/aromatic N) is 5. The van der Waals surface area contributed by atoms with E-state index in [0.717, 1.165) is 11.8 Å². The summed E-state index contributed by atoms with van der Waals surface area (Å²) in [6.45, 7) is 5.09. The van der Waals surface area contributed by atoms with Crippen molar-refractivity contribution in [3.05, 3.63) is 28.7 Å². The van der Waals surface area contributed by atoms with Gasteiger partial charge in [-0.1, -0.05) is 6.07 Å². The molecule has 2 amide bonds. The molecule has 2 aromatic rings. The quantitative estimate of drug-likeness (QED) is 0.579. The zero-order chi connectivity index (χ0) is 24.2. The summed E-state index contributed by atoms with van der Waals surface area (Å²) in [4.78, 5) is 41.5. The molecule has 1 aromatic heterocycles. The predicted octanol–water partition coefficient (Wildman–Crippen LogP) is 1.67. The first-order valence-corrected chi connectivity index (χ1v) is 11.9. The van der Waals surface area contributed by atoms with E-state index in [1.165, 1.54) is 7.11 Å². The minimum absolute atomic E-state index is 0.142. The number of methoxy groups -OCH3 is 1. The number of amides is 2. The first-order chi connectivity index (χ1) is 17.1. The number of nitrogens with one attached hydrogen (secondary N) is 1. The molecule has 0 unspecified atom stereocenters. The predicted molar refractivity (Wildman–Crippen MR) is 128 cm³/mol. The number of hydrogen-bond acceptors (Lipinski definition) is 12. The molecule has 5 rings (SSSR count). The van der Waals surface area contributed by atoms with Crippen molar-refractivity contribution in [3.63, 3.8) is 0 Å². The number of morpholine rings is 2. The first kappa shape index (κ1) is 23.3. The highest BCUT2D eigenvalue weighted by Gasteiger charge is 2.25. The van der Waals surface area contributed by atoms with Crippen molar-refractivity contribution < 1.29 is 28.5 Å². The second-order valence-electron chi connectivity index (χ2n) is 7.78. The van der Waals surface area contributed by atoms with Crippen molar-refractivity contribution in [2.45, 2.75) is 0 Å². The van der Waals surface area contributed by atoms with E-state index in [-0.39, 0.29) is 6.01 Å². The minimum atomic E-state index is -0.421. The van der Waals surface area contributed by atoms with Gasteiger partial charge in [0, 0.05) is 26.2 Å². The molecule has 0 aliphatic carbocycles. The molecule has 0 atom stereocenters. The van der Waals surface area contributed by atoms with E-state index >= 15 is 0 Å². The molecule has 4 heterocycles. The van der Waals surface area contributed by atoms with Gasteiger partial charge in [-0.15, -0.1) is 0 Å². The summed E-state index contributed by atoms with van der Waals surface area (Å²) in [6.07, 6.45) is 1.62. The molecule has 3 fully saturated rings.